The van der Waals surface area contributed by atoms with Gasteiger partial charge in [0.15, 0.2) is 0 Å². The molecule has 0 saturated carbocycles. The highest BCUT2D eigenvalue weighted by Crippen LogP contribution is 2.21. The Balaban J connectivity index is 2.04. The molecule has 1 amide bonds. The summed E-state index contributed by atoms with van der Waals surface area (Å²) in [7, 11) is 0. The smallest absolute Gasteiger partial charge is 0.255 e. The van der Waals surface area contributed by atoms with Crippen molar-refractivity contribution in [2.45, 2.75) is 13.8 Å². The van der Waals surface area contributed by atoms with Crippen LogP contribution in [0.4, 0.5) is 5.69 Å². The van der Waals surface area contributed by atoms with Gasteiger partial charge < -0.3 is 14.8 Å². The first-order valence-corrected chi connectivity index (χ1v) is 7.35. The summed E-state index contributed by atoms with van der Waals surface area (Å²) in [5.41, 5.74) is 2.20. The van der Waals surface area contributed by atoms with Crippen molar-refractivity contribution in [3.8, 4) is 23.8 Å². The van der Waals surface area contributed by atoms with Crippen LogP contribution < -0.4 is 14.8 Å². The van der Waals surface area contributed by atoms with E-state index in [-0.39, 0.29) is 12.5 Å². The first kappa shape index (κ1) is 16.4. The monoisotopic (exact) mass is 309 g/mol. The Bertz CT molecular complexity index is 714. The van der Waals surface area contributed by atoms with Gasteiger partial charge in [-0.1, -0.05) is 5.92 Å². The lowest BCUT2D eigenvalue weighted by molar-refractivity contribution is 0.102. The van der Waals surface area contributed by atoms with Crippen molar-refractivity contribution >= 4 is 11.6 Å². The van der Waals surface area contributed by atoms with Gasteiger partial charge in [-0.3, -0.25) is 4.79 Å². The lowest BCUT2D eigenvalue weighted by Gasteiger charge is -2.10. The van der Waals surface area contributed by atoms with Gasteiger partial charge in [0.1, 0.15) is 18.1 Å². The van der Waals surface area contributed by atoms with Crippen molar-refractivity contribution in [3.05, 3.63) is 53.6 Å². The largest absolute Gasteiger partial charge is 0.494 e. The van der Waals surface area contributed by atoms with Crippen molar-refractivity contribution in [1.82, 2.24) is 0 Å². The summed E-state index contributed by atoms with van der Waals surface area (Å²) in [4.78, 5) is 12.3. The molecule has 0 aliphatic heterocycles. The fourth-order valence-corrected chi connectivity index (χ4v) is 2.07. The number of hydrogen-bond acceptors (Lipinski definition) is 3. The molecule has 1 N–H and O–H groups in total. The number of hydrogen-bond donors (Lipinski definition) is 1. The molecule has 0 bridgehead atoms. The molecule has 4 heteroatoms. The zero-order valence-electron chi connectivity index (χ0n) is 13.3. The minimum Gasteiger partial charge on any atom is -0.494 e. The Morgan fingerprint density at radius 2 is 1.91 bits per heavy atom. The third-order valence-electron chi connectivity index (χ3n) is 3.17. The molecule has 2 rings (SSSR count). The van der Waals surface area contributed by atoms with Gasteiger partial charge in [-0.15, -0.1) is 6.42 Å². The van der Waals surface area contributed by atoms with E-state index in [2.05, 4.69) is 11.2 Å². The van der Waals surface area contributed by atoms with Gasteiger partial charge in [0, 0.05) is 11.3 Å². The fraction of sp³-hybridized carbons (Fsp3) is 0.211. The lowest BCUT2D eigenvalue weighted by Crippen LogP contribution is -2.12. The van der Waals surface area contributed by atoms with Crippen molar-refractivity contribution in [1.29, 1.82) is 0 Å². The van der Waals surface area contributed by atoms with Gasteiger partial charge in [0.25, 0.3) is 5.91 Å². The molecule has 0 unspecified atom stereocenters. The van der Waals surface area contributed by atoms with Crippen molar-refractivity contribution in [3.63, 3.8) is 0 Å². The van der Waals surface area contributed by atoms with E-state index < -0.39 is 0 Å². The van der Waals surface area contributed by atoms with Gasteiger partial charge in [0.2, 0.25) is 0 Å². The van der Waals surface area contributed by atoms with E-state index in [0.29, 0.717) is 23.6 Å². The summed E-state index contributed by atoms with van der Waals surface area (Å²) < 4.78 is 10.8. The maximum Gasteiger partial charge on any atom is 0.255 e. The first-order valence-electron chi connectivity index (χ1n) is 7.35. The molecule has 0 aromatic heterocycles. The van der Waals surface area contributed by atoms with Gasteiger partial charge in [-0.05, 0) is 61.9 Å². The minimum absolute atomic E-state index is 0.173. The van der Waals surface area contributed by atoms with E-state index in [1.165, 1.54) is 0 Å². The summed E-state index contributed by atoms with van der Waals surface area (Å²) in [6.07, 6.45) is 5.14. The van der Waals surface area contributed by atoms with E-state index in [4.69, 9.17) is 15.9 Å². The molecule has 4 nitrogen and oxygen atoms in total. The Labute approximate surface area is 136 Å². The second-order valence-corrected chi connectivity index (χ2v) is 4.88. The number of terminal acetylenes is 1. The number of nitrogens with one attached hydrogen (secondary N) is 1. The highest BCUT2D eigenvalue weighted by molar-refractivity contribution is 6.04. The number of rotatable bonds is 6. The molecule has 0 saturated heterocycles. The summed E-state index contributed by atoms with van der Waals surface area (Å²) in [6, 6.07) is 12.4. The second kappa shape index (κ2) is 7.90. The van der Waals surface area contributed by atoms with Crippen LogP contribution in [0.25, 0.3) is 0 Å². The number of aryl methyl sites for hydroxylation is 1. The standard InChI is InChI=1S/C19H19NO3/c1-4-12-23-17-9-7-16(8-10-17)20-19(21)15-6-11-18(22-5-2)14(3)13-15/h1,6-11,13H,5,12H2,2-3H3,(H,20,21). The van der Waals surface area contributed by atoms with Gasteiger partial charge >= 0.3 is 0 Å². The first-order chi connectivity index (χ1) is 11.1. The normalized spacial score (nSPS) is 9.78. The lowest BCUT2D eigenvalue weighted by atomic mass is 10.1. The third kappa shape index (κ3) is 4.52. The highest BCUT2D eigenvalue weighted by atomic mass is 16.5. The molecule has 0 fully saturated rings. The molecule has 0 aliphatic rings. The van der Waals surface area contributed by atoms with Crippen LogP contribution in [-0.4, -0.2) is 19.1 Å². The SMILES string of the molecule is C#CCOc1ccc(NC(=O)c2ccc(OCC)c(C)c2)cc1. The van der Waals surface area contributed by atoms with Crippen molar-refractivity contribution < 1.29 is 14.3 Å². The zero-order chi connectivity index (χ0) is 16.7. The predicted octanol–water partition coefficient (Wildman–Crippen LogP) is 3.66. The average molecular weight is 309 g/mol. The number of anilines is 1. The average Bonchev–Trinajstić information content (AvgIpc) is 2.56. The van der Waals surface area contributed by atoms with Crippen LogP contribution >= 0.6 is 0 Å². The van der Waals surface area contributed by atoms with Gasteiger partial charge in [-0.2, -0.15) is 0 Å². The molecule has 118 valence electrons. The van der Waals surface area contributed by atoms with Crippen LogP contribution in [-0.2, 0) is 0 Å². The number of carbonyl (C=O) groups is 1. The zero-order valence-corrected chi connectivity index (χ0v) is 13.3. The Morgan fingerprint density at radius 1 is 1.17 bits per heavy atom. The number of ether oxygens (including phenoxy) is 2. The molecule has 2 aromatic carbocycles. The van der Waals surface area contributed by atoms with E-state index in [0.717, 1.165) is 11.3 Å². The number of carbonyl (C=O) groups excluding carboxylic acids is 1. The van der Waals surface area contributed by atoms with Crippen molar-refractivity contribution in [2.75, 3.05) is 18.5 Å². The third-order valence-corrected chi connectivity index (χ3v) is 3.17. The van der Waals surface area contributed by atoms with Crippen molar-refractivity contribution in [2.24, 2.45) is 0 Å². The van der Waals surface area contributed by atoms with Gasteiger partial charge in [0.05, 0.1) is 6.61 Å². The maximum atomic E-state index is 12.3. The van der Waals surface area contributed by atoms with E-state index in [1.54, 1.807) is 30.3 Å². The summed E-state index contributed by atoms with van der Waals surface area (Å²) in [6.45, 7) is 4.66. The van der Waals surface area contributed by atoms with E-state index in [9.17, 15) is 4.79 Å². The molecule has 2 aromatic rings. The molecular formula is C19H19NO3. The van der Waals surface area contributed by atoms with Crippen LogP contribution in [0.2, 0.25) is 0 Å². The maximum absolute atomic E-state index is 12.3. The van der Waals surface area contributed by atoms with E-state index >= 15 is 0 Å². The minimum atomic E-state index is -0.173. The van der Waals surface area contributed by atoms with Crippen LogP contribution in [0.3, 0.4) is 0 Å². The van der Waals surface area contributed by atoms with Crippen LogP contribution in [0.5, 0.6) is 11.5 Å². The highest BCUT2D eigenvalue weighted by Gasteiger charge is 2.09. The fourth-order valence-electron chi connectivity index (χ4n) is 2.07. The summed E-state index contributed by atoms with van der Waals surface area (Å²) in [5.74, 6) is 3.68. The molecule has 0 spiro atoms. The van der Waals surface area contributed by atoms with Crippen LogP contribution in [0, 0.1) is 19.3 Å². The summed E-state index contributed by atoms with van der Waals surface area (Å²) in [5, 5.41) is 2.84. The predicted molar refractivity (Wildman–Crippen MR) is 91.1 cm³/mol. The molecule has 23 heavy (non-hydrogen) atoms. The number of amides is 1. The molecule has 0 heterocycles. The summed E-state index contributed by atoms with van der Waals surface area (Å²) >= 11 is 0. The molecule has 0 aliphatic carbocycles. The molecule has 0 atom stereocenters. The van der Waals surface area contributed by atoms with Crippen LogP contribution in [0.15, 0.2) is 42.5 Å². The Kier molecular flexibility index (Phi) is 5.65. The van der Waals surface area contributed by atoms with E-state index in [1.807, 2.05) is 26.0 Å². The Hall–Kier alpha value is -2.93. The topological polar surface area (TPSA) is 47.6 Å². The van der Waals surface area contributed by atoms with Gasteiger partial charge in [-0.25, -0.2) is 0 Å². The number of benzene rings is 2. The second-order valence-electron chi connectivity index (χ2n) is 4.88. The molecule has 0 radical (unpaired) electrons. The van der Waals surface area contributed by atoms with Crippen LogP contribution in [0.1, 0.15) is 22.8 Å². The Morgan fingerprint density at radius 3 is 2.52 bits per heavy atom. The quantitative estimate of drug-likeness (QED) is 0.828. The molecular weight excluding hydrogens is 290 g/mol.